The van der Waals surface area contributed by atoms with Crippen molar-refractivity contribution in [3.05, 3.63) is 90.5 Å². The Labute approximate surface area is 183 Å². The van der Waals surface area contributed by atoms with Gasteiger partial charge in [0.05, 0.1) is 5.56 Å². The van der Waals surface area contributed by atoms with Gasteiger partial charge in [-0.3, -0.25) is 4.79 Å². The number of amides is 1. The molecule has 0 N–H and O–H groups in total. The predicted octanol–water partition coefficient (Wildman–Crippen LogP) is 5.88. The van der Waals surface area contributed by atoms with Crippen LogP contribution >= 0.6 is 0 Å². The molecule has 0 spiro atoms. The number of carbonyl (C=O) groups is 2. The third kappa shape index (κ3) is 5.02. The third-order valence-electron chi connectivity index (χ3n) is 5.80. The molecule has 1 aliphatic carbocycles. The highest BCUT2D eigenvalue weighted by atomic mass is 16.5. The molecule has 0 aromatic heterocycles. The van der Waals surface area contributed by atoms with Gasteiger partial charge in [-0.1, -0.05) is 86.0 Å². The third-order valence-corrected chi connectivity index (χ3v) is 5.80. The number of esters is 1. The van der Waals surface area contributed by atoms with Crippen molar-refractivity contribution in [1.29, 1.82) is 0 Å². The van der Waals surface area contributed by atoms with Gasteiger partial charge in [-0.2, -0.15) is 0 Å². The second-order valence-electron chi connectivity index (χ2n) is 7.88. The smallest absolute Gasteiger partial charge is 0.339 e. The number of carbonyl (C=O) groups excluding carboxylic acids is 2. The molecule has 4 heteroatoms. The van der Waals surface area contributed by atoms with Gasteiger partial charge in [0.1, 0.15) is 0 Å². The second kappa shape index (κ2) is 10.1. The van der Waals surface area contributed by atoms with Crippen molar-refractivity contribution in [2.45, 2.75) is 38.1 Å². The number of rotatable bonds is 6. The summed E-state index contributed by atoms with van der Waals surface area (Å²) in [7, 11) is 0. The van der Waals surface area contributed by atoms with Gasteiger partial charge >= 0.3 is 5.97 Å². The Balaban J connectivity index is 1.50. The summed E-state index contributed by atoms with van der Waals surface area (Å²) in [5, 5.41) is 0. The standard InChI is InChI=1S/C27H27NO3/c29-26(28(22-14-6-2-7-15-22)23-16-8-3-9-17-23)20-31-27(30)25-19-11-10-18-24(25)21-12-4-1-5-13-21/h1-2,4-7,10-15,18-19,23H,3,8-9,16-17,20H2. The minimum atomic E-state index is -0.482. The SMILES string of the molecule is O=C(OCC(=O)N(c1ccccc1)C1CCCCC1)c1ccccc1-c1ccccc1. The minimum absolute atomic E-state index is 0.152. The summed E-state index contributed by atoms with van der Waals surface area (Å²) >= 11 is 0. The molecule has 4 rings (SSSR count). The van der Waals surface area contributed by atoms with Crippen molar-refractivity contribution < 1.29 is 14.3 Å². The maximum Gasteiger partial charge on any atom is 0.339 e. The maximum atomic E-state index is 13.2. The fourth-order valence-corrected chi connectivity index (χ4v) is 4.29. The normalized spacial score (nSPS) is 14.1. The second-order valence-corrected chi connectivity index (χ2v) is 7.88. The average molecular weight is 414 g/mol. The van der Waals surface area contributed by atoms with Crippen molar-refractivity contribution in [2.75, 3.05) is 11.5 Å². The highest BCUT2D eigenvalue weighted by Gasteiger charge is 2.28. The quantitative estimate of drug-likeness (QED) is 0.474. The Morgan fingerprint density at radius 2 is 1.39 bits per heavy atom. The number of benzene rings is 3. The zero-order valence-electron chi connectivity index (χ0n) is 17.6. The van der Waals surface area contributed by atoms with Crippen molar-refractivity contribution in [3.63, 3.8) is 0 Å². The molecule has 4 nitrogen and oxygen atoms in total. The summed E-state index contributed by atoms with van der Waals surface area (Å²) in [4.78, 5) is 27.9. The van der Waals surface area contributed by atoms with Gasteiger partial charge in [0.2, 0.25) is 0 Å². The summed E-state index contributed by atoms with van der Waals surface area (Å²) in [5.41, 5.74) is 3.06. The Morgan fingerprint density at radius 1 is 0.774 bits per heavy atom. The van der Waals surface area contributed by atoms with E-state index in [0.29, 0.717) is 5.56 Å². The summed E-state index contributed by atoms with van der Waals surface area (Å²) in [6.07, 6.45) is 5.40. The molecule has 0 aliphatic heterocycles. The molecule has 0 saturated heterocycles. The van der Waals surface area contributed by atoms with Crippen LogP contribution in [0.25, 0.3) is 11.1 Å². The zero-order valence-corrected chi connectivity index (χ0v) is 17.6. The lowest BCUT2D eigenvalue weighted by Gasteiger charge is -2.34. The van der Waals surface area contributed by atoms with Gasteiger partial charge in [0.25, 0.3) is 5.91 Å². The molecule has 0 heterocycles. The molecular formula is C27H27NO3. The number of hydrogen-bond acceptors (Lipinski definition) is 3. The first-order valence-corrected chi connectivity index (χ1v) is 10.9. The molecule has 0 atom stereocenters. The van der Waals surface area contributed by atoms with Crippen LogP contribution in [-0.4, -0.2) is 24.5 Å². The van der Waals surface area contributed by atoms with Crippen LogP contribution in [0.2, 0.25) is 0 Å². The fraction of sp³-hybridized carbons (Fsp3) is 0.259. The number of anilines is 1. The van der Waals surface area contributed by atoms with Gasteiger partial charge in [-0.05, 0) is 42.2 Å². The predicted molar refractivity (Wildman–Crippen MR) is 123 cm³/mol. The van der Waals surface area contributed by atoms with Gasteiger partial charge in [-0.25, -0.2) is 4.79 Å². The Morgan fingerprint density at radius 3 is 2.10 bits per heavy atom. The maximum absolute atomic E-state index is 13.2. The number of hydrogen-bond donors (Lipinski definition) is 0. The van der Waals surface area contributed by atoms with E-state index in [1.165, 1.54) is 6.42 Å². The Hall–Kier alpha value is -3.40. The summed E-state index contributed by atoms with van der Waals surface area (Å²) in [6.45, 7) is -0.270. The molecular weight excluding hydrogens is 386 g/mol. The van der Waals surface area contributed by atoms with Crippen molar-refractivity contribution in [3.8, 4) is 11.1 Å². The van der Waals surface area contributed by atoms with E-state index in [1.54, 1.807) is 6.07 Å². The zero-order chi connectivity index (χ0) is 21.5. The van der Waals surface area contributed by atoms with Gasteiger partial charge in [0, 0.05) is 11.7 Å². The van der Waals surface area contributed by atoms with Crippen LogP contribution in [0.5, 0.6) is 0 Å². The Bertz CT molecular complexity index is 1010. The molecule has 31 heavy (non-hydrogen) atoms. The highest BCUT2D eigenvalue weighted by Crippen LogP contribution is 2.28. The van der Waals surface area contributed by atoms with Gasteiger partial charge in [0.15, 0.2) is 6.61 Å². The van der Waals surface area contributed by atoms with Crippen LogP contribution in [0, 0.1) is 0 Å². The monoisotopic (exact) mass is 413 g/mol. The van der Waals surface area contributed by atoms with E-state index in [1.807, 2.05) is 83.8 Å². The van der Waals surface area contributed by atoms with Crippen LogP contribution < -0.4 is 4.90 Å². The summed E-state index contributed by atoms with van der Waals surface area (Å²) < 4.78 is 5.52. The van der Waals surface area contributed by atoms with Crippen molar-refractivity contribution in [2.24, 2.45) is 0 Å². The van der Waals surface area contributed by atoms with E-state index in [0.717, 1.165) is 42.5 Å². The molecule has 3 aromatic carbocycles. The molecule has 1 aliphatic rings. The summed E-state index contributed by atoms with van der Waals surface area (Å²) in [6, 6.07) is 26.9. The van der Waals surface area contributed by atoms with Gasteiger partial charge in [-0.15, -0.1) is 0 Å². The molecule has 0 unspecified atom stereocenters. The fourth-order valence-electron chi connectivity index (χ4n) is 4.29. The number of para-hydroxylation sites is 1. The topological polar surface area (TPSA) is 46.6 Å². The summed E-state index contributed by atoms with van der Waals surface area (Å²) in [5.74, 6) is -0.659. The van der Waals surface area contributed by atoms with Crippen LogP contribution in [0.15, 0.2) is 84.9 Å². The van der Waals surface area contributed by atoms with E-state index >= 15 is 0 Å². The van der Waals surface area contributed by atoms with Gasteiger partial charge < -0.3 is 9.64 Å². The molecule has 0 bridgehead atoms. The molecule has 0 radical (unpaired) electrons. The van der Waals surface area contributed by atoms with Crippen molar-refractivity contribution >= 4 is 17.6 Å². The van der Waals surface area contributed by atoms with Crippen LogP contribution in [0.4, 0.5) is 5.69 Å². The first-order chi connectivity index (χ1) is 15.2. The largest absolute Gasteiger partial charge is 0.452 e. The van der Waals surface area contributed by atoms with E-state index < -0.39 is 5.97 Å². The molecule has 1 saturated carbocycles. The molecule has 1 amide bonds. The van der Waals surface area contributed by atoms with Crippen LogP contribution in [0.3, 0.4) is 0 Å². The number of ether oxygens (including phenoxy) is 1. The first-order valence-electron chi connectivity index (χ1n) is 10.9. The first kappa shape index (κ1) is 20.9. The number of nitrogens with zero attached hydrogens (tertiary/aromatic N) is 1. The lowest BCUT2D eigenvalue weighted by molar-refractivity contribution is -0.122. The highest BCUT2D eigenvalue weighted by molar-refractivity contribution is 6.00. The van der Waals surface area contributed by atoms with E-state index in [-0.39, 0.29) is 18.6 Å². The van der Waals surface area contributed by atoms with E-state index in [4.69, 9.17) is 4.74 Å². The Kier molecular flexibility index (Phi) is 6.78. The van der Waals surface area contributed by atoms with Crippen LogP contribution in [0.1, 0.15) is 42.5 Å². The van der Waals surface area contributed by atoms with Crippen molar-refractivity contribution in [1.82, 2.24) is 0 Å². The van der Waals surface area contributed by atoms with Crippen LogP contribution in [-0.2, 0) is 9.53 Å². The molecule has 1 fully saturated rings. The molecule has 3 aromatic rings. The lowest BCUT2D eigenvalue weighted by Crippen LogP contribution is -2.43. The van der Waals surface area contributed by atoms with E-state index in [2.05, 4.69) is 0 Å². The van der Waals surface area contributed by atoms with E-state index in [9.17, 15) is 9.59 Å². The lowest BCUT2D eigenvalue weighted by atomic mass is 9.93. The average Bonchev–Trinajstić information content (AvgIpc) is 2.84. The molecule has 158 valence electrons. The minimum Gasteiger partial charge on any atom is -0.452 e.